The van der Waals surface area contributed by atoms with Crippen LogP contribution in [0.3, 0.4) is 0 Å². The fraction of sp³-hybridized carbons (Fsp3) is 0. The van der Waals surface area contributed by atoms with Gasteiger partial charge in [-0.05, 0) is 116 Å². The van der Waals surface area contributed by atoms with Crippen molar-refractivity contribution >= 4 is 93.1 Å². The van der Waals surface area contributed by atoms with Gasteiger partial charge >= 0.3 is 0 Å². The summed E-state index contributed by atoms with van der Waals surface area (Å²) in [7, 11) is 0. The Balaban J connectivity index is 0.963. The zero-order valence-corrected chi connectivity index (χ0v) is 34.2. The second kappa shape index (κ2) is 14.1. The highest BCUT2D eigenvalue weighted by atomic mass is 16.3. The van der Waals surface area contributed by atoms with E-state index in [1.165, 1.54) is 48.9 Å². The van der Waals surface area contributed by atoms with Gasteiger partial charge in [0, 0.05) is 44.0 Å². The summed E-state index contributed by atoms with van der Waals surface area (Å²) in [5, 5.41) is 12.0. The third-order valence-corrected chi connectivity index (χ3v) is 12.9. The number of para-hydroxylation sites is 3. The first-order valence-corrected chi connectivity index (χ1v) is 21.6. The maximum absolute atomic E-state index is 6.98. The van der Waals surface area contributed by atoms with Gasteiger partial charge in [0.25, 0.3) is 0 Å². The van der Waals surface area contributed by atoms with Gasteiger partial charge in [0.15, 0.2) is 5.58 Å². The number of anilines is 3. The van der Waals surface area contributed by atoms with Gasteiger partial charge in [0.05, 0.1) is 16.7 Å². The third kappa shape index (κ3) is 5.67. The Morgan fingerprint density at radius 2 is 0.841 bits per heavy atom. The second-order valence-corrected chi connectivity index (χ2v) is 16.5. The van der Waals surface area contributed by atoms with E-state index in [-0.39, 0.29) is 0 Å². The lowest BCUT2D eigenvalue weighted by molar-refractivity contribution is 0.673. The summed E-state index contributed by atoms with van der Waals surface area (Å²) >= 11 is 0. The van der Waals surface area contributed by atoms with Crippen molar-refractivity contribution in [2.75, 3.05) is 4.90 Å². The third-order valence-electron chi connectivity index (χ3n) is 12.9. The van der Waals surface area contributed by atoms with Gasteiger partial charge in [0.2, 0.25) is 0 Å². The minimum Gasteiger partial charge on any atom is -0.453 e. The summed E-state index contributed by atoms with van der Waals surface area (Å²) in [6, 6.07) is 83.5. The molecule has 0 bridgehead atoms. The van der Waals surface area contributed by atoms with Crippen LogP contribution in [0.4, 0.5) is 17.1 Å². The topological polar surface area (TPSA) is 21.3 Å². The quantitative estimate of drug-likeness (QED) is 0.156. The van der Waals surface area contributed by atoms with Gasteiger partial charge in [-0.25, -0.2) is 0 Å². The Bertz CT molecular complexity index is 3870. The molecule has 0 spiro atoms. The number of rotatable bonds is 6. The highest BCUT2D eigenvalue weighted by Gasteiger charge is 2.21. The number of fused-ring (bicyclic) bond motifs is 11. The van der Waals surface area contributed by atoms with Crippen molar-refractivity contribution in [3.05, 3.63) is 231 Å². The Morgan fingerprint density at radius 1 is 0.302 bits per heavy atom. The zero-order valence-electron chi connectivity index (χ0n) is 34.2. The van der Waals surface area contributed by atoms with Crippen molar-refractivity contribution < 1.29 is 4.42 Å². The van der Waals surface area contributed by atoms with Gasteiger partial charge in [-0.1, -0.05) is 164 Å². The van der Waals surface area contributed by atoms with Crippen molar-refractivity contribution in [1.29, 1.82) is 0 Å². The maximum Gasteiger partial charge on any atom is 0.159 e. The molecule has 0 saturated carbocycles. The molecular formula is C60H38N2O. The van der Waals surface area contributed by atoms with Gasteiger partial charge < -0.3 is 13.9 Å². The molecule has 0 aliphatic rings. The number of furan rings is 1. The summed E-state index contributed by atoms with van der Waals surface area (Å²) in [6.07, 6.45) is 0. The van der Waals surface area contributed by atoms with Crippen molar-refractivity contribution in [2.24, 2.45) is 0 Å². The van der Waals surface area contributed by atoms with Crippen LogP contribution in [0.25, 0.3) is 104 Å². The van der Waals surface area contributed by atoms with E-state index >= 15 is 0 Å². The summed E-state index contributed by atoms with van der Waals surface area (Å²) in [5.41, 5.74) is 13.0. The Labute approximate surface area is 363 Å². The fourth-order valence-corrected chi connectivity index (χ4v) is 9.95. The van der Waals surface area contributed by atoms with Gasteiger partial charge in [-0.3, -0.25) is 0 Å². The van der Waals surface area contributed by atoms with Crippen LogP contribution in [0.2, 0.25) is 0 Å². The van der Waals surface area contributed by atoms with E-state index in [2.05, 4.69) is 240 Å². The predicted octanol–water partition coefficient (Wildman–Crippen LogP) is 16.9. The molecule has 2 heterocycles. The summed E-state index contributed by atoms with van der Waals surface area (Å²) in [5.74, 6) is 0. The summed E-state index contributed by atoms with van der Waals surface area (Å²) < 4.78 is 9.36. The molecule has 294 valence electrons. The van der Waals surface area contributed by atoms with Crippen LogP contribution in [-0.4, -0.2) is 4.57 Å². The number of aromatic nitrogens is 1. The van der Waals surface area contributed by atoms with Crippen LogP contribution in [0.5, 0.6) is 0 Å². The lowest BCUT2D eigenvalue weighted by Crippen LogP contribution is -2.10. The standard InChI is InChI=1S/C60H38N2O/c1-3-18-49-40(12-1)26-27-42-28-29-45(38-55(42)49)44-15-10-16-47(37-44)61(58-25-11-22-53-54-35-32-41-13-2-4-19-50(41)59(54)63-60(53)58)46-33-30-39(31-34-46)43-14-9-17-48(36-43)62-56-23-7-5-20-51(56)52-21-6-8-24-57(52)62/h1-38H. The smallest absolute Gasteiger partial charge is 0.159 e. The first-order chi connectivity index (χ1) is 31.2. The highest BCUT2D eigenvalue weighted by molar-refractivity contribution is 6.18. The largest absolute Gasteiger partial charge is 0.453 e. The van der Waals surface area contributed by atoms with E-state index < -0.39 is 0 Å². The van der Waals surface area contributed by atoms with Crippen molar-refractivity contribution in [1.82, 2.24) is 4.57 Å². The molecule has 0 aliphatic carbocycles. The fourth-order valence-electron chi connectivity index (χ4n) is 9.95. The van der Waals surface area contributed by atoms with Gasteiger partial charge in [-0.15, -0.1) is 0 Å². The molecule has 3 heteroatoms. The minimum atomic E-state index is 0.856. The van der Waals surface area contributed by atoms with Gasteiger partial charge in [0.1, 0.15) is 5.58 Å². The molecular weight excluding hydrogens is 765 g/mol. The summed E-state index contributed by atoms with van der Waals surface area (Å²) in [4.78, 5) is 2.35. The Kier molecular flexibility index (Phi) is 7.91. The molecule has 11 aromatic carbocycles. The monoisotopic (exact) mass is 802 g/mol. The van der Waals surface area contributed by atoms with E-state index in [0.29, 0.717) is 0 Å². The van der Waals surface area contributed by atoms with E-state index in [4.69, 9.17) is 4.42 Å². The van der Waals surface area contributed by atoms with E-state index in [1.807, 2.05) is 0 Å². The number of hydrogen-bond donors (Lipinski definition) is 0. The number of benzene rings is 11. The van der Waals surface area contributed by atoms with Crippen molar-refractivity contribution in [3.63, 3.8) is 0 Å². The lowest BCUT2D eigenvalue weighted by atomic mass is 9.97. The van der Waals surface area contributed by atoms with Crippen LogP contribution in [0.15, 0.2) is 235 Å². The number of nitrogens with zero attached hydrogens (tertiary/aromatic N) is 2. The lowest BCUT2D eigenvalue weighted by Gasteiger charge is -2.26. The minimum absolute atomic E-state index is 0.856. The second-order valence-electron chi connectivity index (χ2n) is 16.5. The highest BCUT2D eigenvalue weighted by Crippen LogP contribution is 2.45. The van der Waals surface area contributed by atoms with Gasteiger partial charge in [-0.2, -0.15) is 0 Å². The van der Waals surface area contributed by atoms with E-state index in [0.717, 1.165) is 72.2 Å². The molecule has 0 unspecified atom stereocenters. The molecule has 0 aliphatic heterocycles. The first-order valence-electron chi connectivity index (χ1n) is 21.6. The van der Waals surface area contributed by atoms with E-state index in [9.17, 15) is 0 Å². The molecule has 0 saturated heterocycles. The normalized spacial score (nSPS) is 11.8. The molecule has 0 fully saturated rings. The molecule has 2 aromatic heterocycles. The maximum atomic E-state index is 6.98. The van der Waals surface area contributed by atoms with Crippen molar-refractivity contribution in [2.45, 2.75) is 0 Å². The molecule has 13 rings (SSSR count). The summed E-state index contributed by atoms with van der Waals surface area (Å²) in [6.45, 7) is 0. The van der Waals surface area contributed by atoms with Crippen LogP contribution in [0.1, 0.15) is 0 Å². The number of hydrogen-bond acceptors (Lipinski definition) is 2. The van der Waals surface area contributed by atoms with Crippen LogP contribution in [0, 0.1) is 0 Å². The molecule has 13 aromatic rings. The van der Waals surface area contributed by atoms with Crippen molar-refractivity contribution in [3.8, 4) is 27.9 Å². The molecule has 0 radical (unpaired) electrons. The van der Waals surface area contributed by atoms with Crippen LogP contribution < -0.4 is 4.90 Å². The first kappa shape index (κ1) is 35.4. The van der Waals surface area contributed by atoms with Crippen LogP contribution >= 0.6 is 0 Å². The predicted molar refractivity (Wildman–Crippen MR) is 266 cm³/mol. The van der Waals surface area contributed by atoms with Crippen LogP contribution in [-0.2, 0) is 0 Å². The molecule has 0 N–H and O–H groups in total. The Hall–Kier alpha value is -8.40. The molecule has 0 atom stereocenters. The molecule has 0 amide bonds. The van der Waals surface area contributed by atoms with E-state index in [1.54, 1.807) is 0 Å². The average molecular weight is 803 g/mol. The SMILES string of the molecule is c1cc(-c2ccc3ccc4ccccc4c3c2)cc(N(c2ccc(-c3cccc(-n4c5ccccc5c5ccccc54)c3)cc2)c2cccc3c2oc2c4ccccc4ccc32)c1. The molecule has 63 heavy (non-hydrogen) atoms. The Morgan fingerprint density at radius 3 is 1.62 bits per heavy atom. The zero-order chi connectivity index (χ0) is 41.4. The average Bonchev–Trinajstić information content (AvgIpc) is 3.91. The molecule has 3 nitrogen and oxygen atoms in total.